The van der Waals surface area contributed by atoms with Gasteiger partial charge < -0.3 is 9.55 Å². The van der Waals surface area contributed by atoms with Gasteiger partial charge in [-0.1, -0.05) is 60.7 Å². The van der Waals surface area contributed by atoms with E-state index in [9.17, 15) is 0 Å². The highest BCUT2D eigenvalue weighted by molar-refractivity contribution is 5.83. The Labute approximate surface area is 192 Å². The van der Waals surface area contributed by atoms with Crippen molar-refractivity contribution in [2.24, 2.45) is 0 Å². The third kappa shape index (κ3) is 3.60. The summed E-state index contributed by atoms with van der Waals surface area (Å²) >= 11 is 0. The highest BCUT2D eigenvalue weighted by atomic mass is 15.0. The third-order valence-electron chi connectivity index (χ3n) is 6.44. The Hall–Kier alpha value is -4.18. The van der Waals surface area contributed by atoms with E-state index in [-0.39, 0.29) is 0 Å². The van der Waals surface area contributed by atoms with Crippen LogP contribution in [-0.2, 0) is 6.54 Å². The van der Waals surface area contributed by atoms with Crippen molar-refractivity contribution in [3.63, 3.8) is 0 Å². The highest BCUT2D eigenvalue weighted by Crippen LogP contribution is 2.28. The van der Waals surface area contributed by atoms with Crippen LogP contribution < -0.4 is 0 Å². The molecule has 0 atom stereocenters. The van der Waals surface area contributed by atoms with Crippen LogP contribution >= 0.6 is 0 Å². The summed E-state index contributed by atoms with van der Waals surface area (Å²) in [5.41, 5.74) is 10.3. The SMILES string of the molecule is Cc1ccc(-c2ccc(-c3nc4ccn(Cc5c[nH]c6ccccc56)cc-4n3)cc2)cc1C. The van der Waals surface area contributed by atoms with Crippen LogP contribution in [0, 0.1) is 13.8 Å². The first-order valence-electron chi connectivity index (χ1n) is 11.2. The number of aromatic amines is 1. The molecule has 1 N–H and O–H groups in total. The number of hydrogen-bond acceptors (Lipinski definition) is 2. The third-order valence-corrected chi connectivity index (χ3v) is 6.44. The largest absolute Gasteiger partial charge is 0.361 e. The fourth-order valence-electron chi connectivity index (χ4n) is 4.37. The molecule has 0 radical (unpaired) electrons. The summed E-state index contributed by atoms with van der Waals surface area (Å²) in [6, 6.07) is 25.6. The first-order valence-corrected chi connectivity index (χ1v) is 11.2. The smallest absolute Gasteiger partial charge is 0.160 e. The highest BCUT2D eigenvalue weighted by Gasteiger charge is 2.13. The van der Waals surface area contributed by atoms with Crippen LogP contribution in [0.15, 0.2) is 91.4 Å². The molecule has 3 heterocycles. The topological polar surface area (TPSA) is 46.5 Å². The van der Waals surface area contributed by atoms with Gasteiger partial charge in [0.2, 0.25) is 0 Å². The van der Waals surface area contributed by atoms with Crippen LogP contribution in [0.25, 0.3) is 44.8 Å². The van der Waals surface area contributed by atoms with Crippen LogP contribution in [0.1, 0.15) is 16.7 Å². The van der Waals surface area contributed by atoms with Crippen LogP contribution in [0.2, 0.25) is 0 Å². The molecule has 4 aromatic rings. The summed E-state index contributed by atoms with van der Waals surface area (Å²) < 4.78 is 2.17. The van der Waals surface area contributed by atoms with Crippen molar-refractivity contribution >= 4 is 10.9 Å². The summed E-state index contributed by atoms with van der Waals surface area (Å²) in [4.78, 5) is 12.9. The zero-order chi connectivity index (χ0) is 22.4. The number of aryl methyl sites for hydroxylation is 2. The lowest BCUT2D eigenvalue weighted by Gasteiger charge is -2.07. The fourth-order valence-corrected chi connectivity index (χ4v) is 4.37. The zero-order valence-electron chi connectivity index (χ0n) is 18.7. The van der Waals surface area contributed by atoms with Gasteiger partial charge in [-0.2, -0.15) is 0 Å². The number of hydrogen-bond donors (Lipinski definition) is 1. The van der Waals surface area contributed by atoms with E-state index in [1.165, 1.54) is 33.2 Å². The van der Waals surface area contributed by atoms with Gasteiger partial charge in [0, 0.05) is 41.6 Å². The van der Waals surface area contributed by atoms with Gasteiger partial charge in [0.15, 0.2) is 5.82 Å². The average molecular weight is 429 g/mol. The van der Waals surface area contributed by atoms with Crippen LogP contribution in [0.3, 0.4) is 0 Å². The molecule has 33 heavy (non-hydrogen) atoms. The van der Waals surface area contributed by atoms with Gasteiger partial charge in [-0.05, 0) is 53.8 Å². The zero-order valence-corrected chi connectivity index (χ0v) is 18.7. The Kier molecular flexibility index (Phi) is 4.58. The lowest BCUT2D eigenvalue weighted by molar-refractivity contribution is 0.794. The number of para-hydroxylation sites is 1. The van der Waals surface area contributed by atoms with Crippen LogP contribution in [-0.4, -0.2) is 19.5 Å². The van der Waals surface area contributed by atoms with Gasteiger partial charge in [0.1, 0.15) is 5.69 Å². The van der Waals surface area contributed by atoms with Crippen molar-refractivity contribution in [2.75, 3.05) is 0 Å². The number of rotatable bonds is 4. The van der Waals surface area contributed by atoms with Gasteiger partial charge in [-0.3, -0.25) is 0 Å². The Morgan fingerprint density at radius 3 is 2.36 bits per heavy atom. The number of nitrogens with one attached hydrogen (secondary N) is 1. The van der Waals surface area contributed by atoms with Crippen LogP contribution in [0.5, 0.6) is 0 Å². The molecule has 2 aliphatic heterocycles. The van der Waals surface area contributed by atoms with Crippen LogP contribution in [0.4, 0.5) is 0 Å². The summed E-state index contributed by atoms with van der Waals surface area (Å²) in [5.74, 6) is 0.765. The molecule has 0 saturated carbocycles. The van der Waals surface area contributed by atoms with Crippen molar-refractivity contribution in [3.8, 4) is 33.9 Å². The molecule has 0 spiro atoms. The Bertz CT molecular complexity index is 1550. The van der Waals surface area contributed by atoms with E-state index in [0.717, 1.165) is 34.8 Å². The second-order valence-electron chi connectivity index (χ2n) is 8.67. The second kappa shape index (κ2) is 7.75. The molecule has 0 bridgehead atoms. The van der Waals surface area contributed by atoms with Crippen molar-refractivity contribution in [2.45, 2.75) is 20.4 Å². The second-order valence-corrected chi connectivity index (χ2v) is 8.67. The maximum atomic E-state index is 4.82. The summed E-state index contributed by atoms with van der Waals surface area (Å²) in [7, 11) is 0. The Morgan fingerprint density at radius 2 is 1.52 bits per heavy atom. The number of H-pyrrole nitrogens is 1. The van der Waals surface area contributed by atoms with E-state index in [1.54, 1.807) is 0 Å². The molecule has 3 aromatic carbocycles. The molecular weight excluding hydrogens is 404 g/mol. The standard InChI is InChI=1S/C29H24N4/c1-19-7-8-23(15-20(19)2)21-9-11-22(12-10-21)29-31-27-13-14-33(18-28(27)32-29)17-24-16-30-26-6-4-3-5-25(24)26/h3-16,18,30H,17H2,1-2H3. The predicted molar refractivity (Wildman–Crippen MR) is 134 cm³/mol. The molecule has 4 nitrogen and oxygen atoms in total. The molecule has 0 aliphatic carbocycles. The van der Waals surface area contributed by atoms with E-state index in [1.807, 2.05) is 6.07 Å². The van der Waals surface area contributed by atoms with E-state index in [4.69, 9.17) is 9.97 Å². The number of fused-ring (bicyclic) bond motifs is 2. The number of pyridine rings is 1. The van der Waals surface area contributed by atoms with Gasteiger partial charge >= 0.3 is 0 Å². The molecular formula is C29H24N4. The van der Waals surface area contributed by atoms with Crippen molar-refractivity contribution in [1.82, 2.24) is 19.5 Å². The van der Waals surface area contributed by atoms with Gasteiger partial charge in [-0.15, -0.1) is 0 Å². The predicted octanol–water partition coefficient (Wildman–Crippen LogP) is 6.86. The Balaban J connectivity index is 1.28. The van der Waals surface area contributed by atoms with Gasteiger partial charge in [0.25, 0.3) is 0 Å². The van der Waals surface area contributed by atoms with Crippen molar-refractivity contribution in [1.29, 1.82) is 0 Å². The summed E-state index contributed by atoms with van der Waals surface area (Å²) in [6.07, 6.45) is 6.24. The molecule has 0 unspecified atom stereocenters. The molecule has 160 valence electrons. The molecule has 1 aromatic heterocycles. The number of imidazole rings is 1. The van der Waals surface area contributed by atoms with Crippen molar-refractivity contribution in [3.05, 3.63) is 108 Å². The molecule has 0 amide bonds. The molecule has 0 fully saturated rings. The molecule has 0 saturated heterocycles. The van der Waals surface area contributed by atoms with E-state index < -0.39 is 0 Å². The minimum Gasteiger partial charge on any atom is -0.361 e. The number of nitrogens with zero attached hydrogens (tertiary/aromatic N) is 3. The molecule has 2 aliphatic rings. The number of aromatic nitrogens is 4. The lowest BCUT2D eigenvalue weighted by Crippen LogP contribution is -2.00. The minimum absolute atomic E-state index is 0.765. The molecule has 6 rings (SSSR count). The average Bonchev–Trinajstić information content (AvgIpc) is 3.45. The van der Waals surface area contributed by atoms with E-state index in [0.29, 0.717) is 0 Å². The lowest BCUT2D eigenvalue weighted by atomic mass is 9.99. The fraction of sp³-hybridized carbons (Fsp3) is 0.103. The quantitative estimate of drug-likeness (QED) is 0.333. The first kappa shape index (κ1) is 19.5. The van der Waals surface area contributed by atoms with Crippen molar-refractivity contribution < 1.29 is 0 Å². The monoisotopic (exact) mass is 428 g/mol. The molecule has 4 heteroatoms. The van der Waals surface area contributed by atoms with E-state index in [2.05, 4.69) is 109 Å². The number of benzene rings is 3. The van der Waals surface area contributed by atoms with Gasteiger partial charge in [0.05, 0.1) is 5.69 Å². The summed E-state index contributed by atoms with van der Waals surface area (Å²) in [6.45, 7) is 5.08. The minimum atomic E-state index is 0.765. The first-order chi connectivity index (χ1) is 16.1. The normalized spacial score (nSPS) is 11.5. The maximum Gasteiger partial charge on any atom is 0.160 e. The van der Waals surface area contributed by atoms with E-state index >= 15 is 0 Å². The Morgan fingerprint density at radius 1 is 0.758 bits per heavy atom. The maximum absolute atomic E-state index is 4.82. The summed E-state index contributed by atoms with van der Waals surface area (Å²) in [5, 5.41) is 1.25. The van der Waals surface area contributed by atoms with Gasteiger partial charge in [-0.25, -0.2) is 9.97 Å².